The van der Waals surface area contributed by atoms with Crippen molar-refractivity contribution in [2.24, 2.45) is 0 Å². The molecule has 4 rings (SSSR count). The summed E-state index contributed by atoms with van der Waals surface area (Å²) in [6.45, 7) is 1.43. The minimum atomic E-state index is -0.194. The van der Waals surface area contributed by atoms with Gasteiger partial charge in [0.05, 0.1) is 22.3 Å². The van der Waals surface area contributed by atoms with Crippen molar-refractivity contribution in [1.29, 1.82) is 0 Å². The molecule has 4 aromatic rings. The van der Waals surface area contributed by atoms with E-state index in [0.717, 1.165) is 0 Å². The van der Waals surface area contributed by atoms with Gasteiger partial charge >= 0.3 is 0 Å². The van der Waals surface area contributed by atoms with Crippen LogP contribution < -0.4 is 5.32 Å². The van der Waals surface area contributed by atoms with E-state index in [4.69, 9.17) is 16.0 Å². The predicted molar refractivity (Wildman–Crippen MR) is 97.6 cm³/mol. The normalized spacial score (nSPS) is 10.8. The van der Waals surface area contributed by atoms with Crippen molar-refractivity contribution in [3.63, 3.8) is 0 Å². The summed E-state index contributed by atoms with van der Waals surface area (Å²) in [5.74, 6) is 0.205. The van der Waals surface area contributed by atoms with E-state index in [1.54, 1.807) is 18.2 Å². The quantitative estimate of drug-likeness (QED) is 0.590. The summed E-state index contributed by atoms with van der Waals surface area (Å²) in [6, 6.07) is 14.5. The van der Waals surface area contributed by atoms with Crippen molar-refractivity contribution >= 4 is 34.2 Å². The van der Waals surface area contributed by atoms with Gasteiger partial charge in [-0.3, -0.25) is 4.79 Å². The Labute approximate surface area is 153 Å². The summed E-state index contributed by atoms with van der Waals surface area (Å²) in [5.41, 5.74) is 2.83. The predicted octanol–water partition coefficient (Wildman–Crippen LogP) is 3.96. The SMILES string of the molecule is CC(=O)Nc1ccccc1-c1nnc(-c2nc3ccccc3nc2Cl)o1. The molecule has 2 heterocycles. The number of nitrogens with one attached hydrogen (secondary N) is 1. The highest BCUT2D eigenvalue weighted by Crippen LogP contribution is 2.31. The molecule has 1 amide bonds. The third-order valence-corrected chi connectivity index (χ3v) is 3.89. The van der Waals surface area contributed by atoms with Gasteiger partial charge in [0.25, 0.3) is 5.89 Å². The number of hydrogen-bond acceptors (Lipinski definition) is 6. The number of anilines is 1. The monoisotopic (exact) mass is 365 g/mol. The minimum absolute atomic E-state index is 0.154. The van der Waals surface area contributed by atoms with Crippen LogP contribution in [0.3, 0.4) is 0 Å². The van der Waals surface area contributed by atoms with Crippen LogP contribution in [0.5, 0.6) is 0 Å². The summed E-state index contributed by atoms with van der Waals surface area (Å²) >= 11 is 6.23. The maximum absolute atomic E-state index is 11.4. The summed E-state index contributed by atoms with van der Waals surface area (Å²) in [7, 11) is 0. The van der Waals surface area contributed by atoms with Crippen molar-refractivity contribution in [3.8, 4) is 23.0 Å². The molecule has 0 saturated heterocycles. The molecule has 2 aromatic carbocycles. The first-order valence-corrected chi connectivity index (χ1v) is 8.13. The zero-order valence-electron chi connectivity index (χ0n) is 13.6. The van der Waals surface area contributed by atoms with E-state index >= 15 is 0 Å². The lowest BCUT2D eigenvalue weighted by Gasteiger charge is -2.05. The van der Waals surface area contributed by atoms with Crippen LogP contribution in [0, 0.1) is 0 Å². The van der Waals surface area contributed by atoms with Crippen LogP contribution in [0.25, 0.3) is 34.1 Å². The molecule has 0 aliphatic rings. The smallest absolute Gasteiger partial charge is 0.269 e. The third kappa shape index (κ3) is 3.00. The maximum atomic E-state index is 11.4. The van der Waals surface area contributed by atoms with E-state index in [-0.39, 0.29) is 22.8 Å². The van der Waals surface area contributed by atoms with Crippen molar-refractivity contribution in [2.45, 2.75) is 6.92 Å². The molecular weight excluding hydrogens is 354 g/mol. The number of carbonyl (C=O) groups excluding carboxylic acids is 1. The second-order valence-electron chi connectivity index (χ2n) is 5.49. The van der Waals surface area contributed by atoms with Crippen molar-refractivity contribution in [1.82, 2.24) is 20.2 Å². The average molecular weight is 366 g/mol. The molecule has 7 nitrogen and oxygen atoms in total. The second-order valence-corrected chi connectivity index (χ2v) is 5.85. The average Bonchev–Trinajstić information content (AvgIpc) is 3.10. The standard InChI is InChI=1S/C18H12ClN5O2/c1-10(25)20-12-7-3-2-6-11(12)17-23-24-18(26-17)15-16(19)22-14-9-5-4-8-13(14)21-15/h2-9H,1H3,(H,20,25). The third-order valence-electron chi connectivity index (χ3n) is 3.62. The van der Waals surface area contributed by atoms with Gasteiger partial charge in [0, 0.05) is 6.92 Å². The zero-order chi connectivity index (χ0) is 18.1. The van der Waals surface area contributed by atoms with Gasteiger partial charge in [-0.25, -0.2) is 9.97 Å². The number of carbonyl (C=O) groups is 1. The molecule has 0 aliphatic carbocycles. The van der Waals surface area contributed by atoms with Crippen LogP contribution in [-0.2, 0) is 4.79 Å². The van der Waals surface area contributed by atoms with Crippen LogP contribution >= 0.6 is 11.6 Å². The van der Waals surface area contributed by atoms with Gasteiger partial charge in [0.2, 0.25) is 11.8 Å². The number of amides is 1. The molecule has 0 saturated carbocycles. The molecule has 0 unspecified atom stereocenters. The number of nitrogens with zero attached hydrogens (tertiary/aromatic N) is 4. The molecule has 0 fully saturated rings. The van der Waals surface area contributed by atoms with Crippen molar-refractivity contribution in [2.75, 3.05) is 5.32 Å². The Bertz CT molecular complexity index is 1130. The highest BCUT2D eigenvalue weighted by atomic mass is 35.5. The maximum Gasteiger partial charge on any atom is 0.269 e. The molecule has 0 radical (unpaired) electrons. The summed E-state index contributed by atoms with van der Waals surface area (Å²) in [5, 5.41) is 11.0. The molecule has 128 valence electrons. The number of rotatable bonds is 3. The molecule has 0 aliphatic heterocycles. The topological polar surface area (TPSA) is 93.8 Å². The Hall–Kier alpha value is -3.32. The molecule has 1 N–H and O–H groups in total. The molecule has 0 atom stereocenters. The first kappa shape index (κ1) is 16.2. The number of halogens is 1. The first-order valence-electron chi connectivity index (χ1n) is 7.75. The van der Waals surface area contributed by atoms with E-state index in [0.29, 0.717) is 28.0 Å². The fraction of sp³-hybridized carbons (Fsp3) is 0.0556. The number of para-hydroxylation sites is 3. The van der Waals surface area contributed by atoms with Gasteiger partial charge in [0.15, 0.2) is 10.8 Å². The highest BCUT2D eigenvalue weighted by Gasteiger charge is 2.18. The Morgan fingerprint density at radius 3 is 2.38 bits per heavy atom. The Balaban J connectivity index is 1.78. The highest BCUT2D eigenvalue weighted by molar-refractivity contribution is 6.32. The Morgan fingerprint density at radius 1 is 0.962 bits per heavy atom. The minimum Gasteiger partial charge on any atom is -0.414 e. The van der Waals surface area contributed by atoms with Crippen LogP contribution in [0.15, 0.2) is 52.9 Å². The van der Waals surface area contributed by atoms with E-state index < -0.39 is 0 Å². The van der Waals surface area contributed by atoms with Crippen LogP contribution in [0.1, 0.15) is 6.92 Å². The zero-order valence-corrected chi connectivity index (χ0v) is 14.4. The van der Waals surface area contributed by atoms with Crippen LogP contribution in [0.4, 0.5) is 5.69 Å². The molecule has 26 heavy (non-hydrogen) atoms. The van der Waals surface area contributed by atoms with Crippen molar-refractivity contribution < 1.29 is 9.21 Å². The van der Waals surface area contributed by atoms with Gasteiger partial charge < -0.3 is 9.73 Å². The Morgan fingerprint density at radius 2 is 1.62 bits per heavy atom. The summed E-state index contributed by atoms with van der Waals surface area (Å²) in [6.07, 6.45) is 0. The van der Waals surface area contributed by atoms with Gasteiger partial charge in [0.1, 0.15) is 0 Å². The lowest BCUT2D eigenvalue weighted by molar-refractivity contribution is -0.114. The van der Waals surface area contributed by atoms with E-state index in [1.807, 2.05) is 30.3 Å². The number of fused-ring (bicyclic) bond motifs is 1. The molecule has 0 bridgehead atoms. The molecular formula is C18H12ClN5O2. The fourth-order valence-electron chi connectivity index (χ4n) is 2.51. The number of benzene rings is 2. The lowest BCUT2D eigenvalue weighted by atomic mass is 10.2. The van der Waals surface area contributed by atoms with Gasteiger partial charge in [-0.2, -0.15) is 0 Å². The molecule has 2 aromatic heterocycles. The number of aromatic nitrogens is 4. The lowest BCUT2D eigenvalue weighted by Crippen LogP contribution is -2.06. The molecule has 8 heteroatoms. The second kappa shape index (κ2) is 6.53. The summed E-state index contributed by atoms with van der Waals surface area (Å²) in [4.78, 5) is 20.2. The Kier molecular flexibility index (Phi) is 4.06. The van der Waals surface area contributed by atoms with Crippen molar-refractivity contribution in [3.05, 3.63) is 53.7 Å². The first-order chi connectivity index (χ1) is 12.6. The van der Waals surface area contributed by atoms with Gasteiger partial charge in [-0.15, -0.1) is 10.2 Å². The van der Waals surface area contributed by atoms with Crippen LogP contribution in [-0.4, -0.2) is 26.1 Å². The van der Waals surface area contributed by atoms with Gasteiger partial charge in [-0.05, 0) is 24.3 Å². The van der Waals surface area contributed by atoms with Gasteiger partial charge in [-0.1, -0.05) is 35.9 Å². The number of hydrogen-bond donors (Lipinski definition) is 1. The molecule has 0 spiro atoms. The van der Waals surface area contributed by atoms with E-state index in [2.05, 4.69) is 25.5 Å². The summed E-state index contributed by atoms with van der Waals surface area (Å²) < 4.78 is 5.75. The van der Waals surface area contributed by atoms with Crippen LogP contribution in [0.2, 0.25) is 5.15 Å². The largest absolute Gasteiger partial charge is 0.414 e. The fourth-order valence-corrected chi connectivity index (χ4v) is 2.72. The van der Waals surface area contributed by atoms with E-state index in [9.17, 15) is 4.79 Å². The van der Waals surface area contributed by atoms with E-state index in [1.165, 1.54) is 6.92 Å².